The number of nitrogens with one attached hydrogen (secondary N) is 2. The molecule has 1 heterocycles. The van der Waals surface area contributed by atoms with Crippen LogP contribution in [-0.4, -0.2) is 29.0 Å². The maximum atomic E-state index is 13.7. The minimum absolute atomic E-state index is 0.00735. The summed E-state index contributed by atoms with van der Waals surface area (Å²) in [4.78, 5) is 19.9. The summed E-state index contributed by atoms with van der Waals surface area (Å²) in [5, 5.41) is 6.17. The van der Waals surface area contributed by atoms with Crippen LogP contribution in [0.5, 0.6) is 0 Å². The van der Waals surface area contributed by atoms with Gasteiger partial charge in [-0.1, -0.05) is 18.2 Å². The van der Waals surface area contributed by atoms with Crippen LogP contribution >= 0.6 is 0 Å². The van der Waals surface area contributed by atoms with Gasteiger partial charge >= 0.3 is 0 Å². The Morgan fingerprint density at radius 3 is 2.58 bits per heavy atom. The fourth-order valence-electron chi connectivity index (χ4n) is 2.29. The standard InChI is InChI=1S/C17H14F2N4O/c18-13-6-2-1-4-11(13)17(24)21-9-8-20-16-12-5-3-7-14(19)15(12)22-10-23-16/h1-7,10H,8-9H2,(H,21,24)(H,20,22,23). The van der Waals surface area contributed by atoms with Crippen molar-refractivity contribution in [2.75, 3.05) is 18.4 Å². The van der Waals surface area contributed by atoms with Crippen LogP contribution in [0.3, 0.4) is 0 Å². The zero-order valence-corrected chi connectivity index (χ0v) is 12.6. The molecular formula is C17H14F2N4O. The van der Waals surface area contributed by atoms with Crippen LogP contribution in [0, 0.1) is 11.6 Å². The molecule has 0 aliphatic carbocycles. The third kappa shape index (κ3) is 3.29. The highest BCUT2D eigenvalue weighted by atomic mass is 19.1. The van der Waals surface area contributed by atoms with Crippen molar-refractivity contribution in [3.05, 3.63) is 66.0 Å². The summed E-state index contributed by atoms with van der Waals surface area (Å²) in [6.07, 6.45) is 1.27. The lowest BCUT2D eigenvalue weighted by Crippen LogP contribution is -2.29. The quantitative estimate of drug-likeness (QED) is 0.707. The smallest absolute Gasteiger partial charge is 0.254 e. The van der Waals surface area contributed by atoms with Gasteiger partial charge in [-0.3, -0.25) is 4.79 Å². The Morgan fingerprint density at radius 2 is 1.75 bits per heavy atom. The second-order valence-corrected chi connectivity index (χ2v) is 5.02. The Balaban J connectivity index is 1.61. The van der Waals surface area contributed by atoms with Crippen LogP contribution < -0.4 is 10.6 Å². The molecule has 0 aliphatic rings. The van der Waals surface area contributed by atoms with Crippen molar-refractivity contribution in [3.63, 3.8) is 0 Å². The van der Waals surface area contributed by atoms with Crippen molar-refractivity contribution in [1.29, 1.82) is 0 Å². The summed E-state index contributed by atoms with van der Waals surface area (Å²) in [5.41, 5.74) is 0.220. The molecule has 2 aromatic carbocycles. The van der Waals surface area contributed by atoms with Crippen LogP contribution in [0.25, 0.3) is 10.9 Å². The lowest BCUT2D eigenvalue weighted by atomic mass is 10.2. The highest BCUT2D eigenvalue weighted by Crippen LogP contribution is 2.20. The Labute approximate surface area is 136 Å². The van der Waals surface area contributed by atoms with Crippen LogP contribution in [0.1, 0.15) is 10.4 Å². The second-order valence-electron chi connectivity index (χ2n) is 5.02. The number of aromatic nitrogens is 2. The van der Waals surface area contributed by atoms with E-state index in [0.717, 1.165) is 0 Å². The largest absolute Gasteiger partial charge is 0.368 e. The maximum absolute atomic E-state index is 13.7. The number of benzene rings is 2. The van der Waals surface area contributed by atoms with Gasteiger partial charge < -0.3 is 10.6 Å². The van der Waals surface area contributed by atoms with Gasteiger partial charge in [0.25, 0.3) is 5.91 Å². The minimum atomic E-state index is -0.569. The molecule has 0 radical (unpaired) electrons. The normalized spacial score (nSPS) is 10.6. The molecule has 0 aliphatic heterocycles. The summed E-state index contributed by atoms with van der Waals surface area (Å²) in [7, 11) is 0. The molecule has 0 saturated heterocycles. The summed E-state index contributed by atoms with van der Waals surface area (Å²) in [5.74, 6) is -1.01. The zero-order valence-electron chi connectivity index (χ0n) is 12.6. The topological polar surface area (TPSA) is 66.9 Å². The molecule has 1 aromatic heterocycles. The number of para-hydroxylation sites is 1. The number of fused-ring (bicyclic) bond motifs is 1. The average molecular weight is 328 g/mol. The Kier molecular flexibility index (Phi) is 4.60. The van der Waals surface area contributed by atoms with E-state index >= 15 is 0 Å². The number of carbonyl (C=O) groups excluding carboxylic acids is 1. The van der Waals surface area contributed by atoms with Gasteiger partial charge in [-0.15, -0.1) is 0 Å². The molecule has 24 heavy (non-hydrogen) atoms. The Morgan fingerprint density at radius 1 is 0.958 bits per heavy atom. The van der Waals surface area contributed by atoms with Crippen molar-refractivity contribution >= 4 is 22.6 Å². The monoisotopic (exact) mass is 328 g/mol. The van der Waals surface area contributed by atoms with E-state index in [4.69, 9.17) is 0 Å². The number of anilines is 1. The van der Waals surface area contributed by atoms with Crippen LogP contribution in [-0.2, 0) is 0 Å². The minimum Gasteiger partial charge on any atom is -0.368 e. The molecule has 3 aromatic rings. The van der Waals surface area contributed by atoms with Gasteiger partial charge in [-0.05, 0) is 24.3 Å². The van der Waals surface area contributed by atoms with Crippen molar-refractivity contribution in [1.82, 2.24) is 15.3 Å². The fraction of sp³-hybridized carbons (Fsp3) is 0.118. The first-order chi connectivity index (χ1) is 11.7. The van der Waals surface area contributed by atoms with Crippen molar-refractivity contribution in [3.8, 4) is 0 Å². The molecule has 2 N–H and O–H groups in total. The predicted molar refractivity (Wildman–Crippen MR) is 86.7 cm³/mol. The molecular weight excluding hydrogens is 314 g/mol. The lowest BCUT2D eigenvalue weighted by molar-refractivity contribution is 0.0951. The lowest BCUT2D eigenvalue weighted by Gasteiger charge is -2.09. The highest BCUT2D eigenvalue weighted by molar-refractivity contribution is 5.94. The number of rotatable bonds is 5. The molecule has 0 unspecified atom stereocenters. The van der Waals surface area contributed by atoms with E-state index < -0.39 is 17.5 Å². The number of halogens is 2. The Hall–Kier alpha value is -3.09. The summed E-state index contributed by atoms with van der Waals surface area (Å²) < 4.78 is 27.2. The molecule has 0 bridgehead atoms. The number of nitrogens with zero attached hydrogens (tertiary/aromatic N) is 2. The van der Waals surface area contributed by atoms with E-state index in [9.17, 15) is 13.6 Å². The Bertz CT molecular complexity index is 885. The summed E-state index contributed by atoms with van der Waals surface area (Å²) in [6, 6.07) is 10.4. The summed E-state index contributed by atoms with van der Waals surface area (Å²) >= 11 is 0. The van der Waals surface area contributed by atoms with Crippen molar-refractivity contribution in [2.45, 2.75) is 0 Å². The molecule has 5 nitrogen and oxygen atoms in total. The zero-order chi connectivity index (χ0) is 16.9. The van der Waals surface area contributed by atoms with E-state index in [0.29, 0.717) is 17.7 Å². The first-order valence-electron chi connectivity index (χ1n) is 7.32. The molecule has 1 amide bonds. The van der Waals surface area contributed by atoms with Crippen LogP contribution in [0.4, 0.5) is 14.6 Å². The maximum Gasteiger partial charge on any atom is 0.254 e. The molecule has 0 atom stereocenters. The predicted octanol–water partition coefficient (Wildman–Crippen LogP) is 2.75. The number of carbonyl (C=O) groups is 1. The van der Waals surface area contributed by atoms with E-state index in [1.54, 1.807) is 18.2 Å². The van der Waals surface area contributed by atoms with Gasteiger partial charge in [0.1, 0.15) is 29.3 Å². The van der Waals surface area contributed by atoms with Gasteiger partial charge in [0.05, 0.1) is 5.56 Å². The molecule has 3 rings (SSSR count). The molecule has 0 spiro atoms. The van der Waals surface area contributed by atoms with Gasteiger partial charge in [-0.25, -0.2) is 18.7 Å². The average Bonchev–Trinajstić information content (AvgIpc) is 2.59. The van der Waals surface area contributed by atoms with Crippen molar-refractivity contribution in [2.24, 2.45) is 0 Å². The fourth-order valence-corrected chi connectivity index (χ4v) is 2.29. The van der Waals surface area contributed by atoms with E-state index in [2.05, 4.69) is 20.6 Å². The first-order valence-corrected chi connectivity index (χ1v) is 7.32. The number of amides is 1. The highest BCUT2D eigenvalue weighted by Gasteiger charge is 2.10. The number of hydrogen-bond acceptors (Lipinski definition) is 4. The third-order valence-electron chi connectivity index (χ3n) is 3.44. The third-order valence-corrected chi connectivity index (χ3v) is 3.44. The molecule has 122 valence electrons. The van der Waals surface area contributed by atoms with Crippen LogP contribution in [0.2, 0.25) is 0 Å². The second kappa shape index (κ2) is 6.99. The van der Waals surface area contributed by atoms with E-state index in [1.807, 2.05) is 0 Å². The molecule has 7 heteroatoms. The van der Waals surface area contributed by atoms with Gasteiger partial charge in [0, 0.05) is 18.5 Å². The first kappa shape index (κ1) is 15.8. The van der Waals surface area contributed by atoms with Gasteiger partial charge in [0.2, 0.25) is 0 Å². The molecule has 0 saturated carbocycles. The van der Waals surface area contributed by atoms with E-state index in [1.165, 1.54) is 30.6 Å². The SMILES string of the molecule is O=C(NCCNc1ncnc2c(F)cccc12)c1ccccc1F. The van der Waals surface area contributed by atoms with E-state index in [-0.39, 0.29) is 17.6 Å². The number of hydrogen-bond donors (Lipinski definition) is 2. The van der Waals surface area contributed by atoms with Gasteiger partial charge in [0.15, 0.2) is 0 Å². The van der Waals surface area contributed by atoms with Crippen molar-refractivity contribution < 1.29 is 13.6 Å². The summed E-state index contributed by atoms with van der Waals surface area (Å²) in [6.45, 7) is 0.608. The van der Waals surface area contributed by atoms with Crippen LogP contribution in [0.15, 0.2) is 48.8 Å². The van der Waals surface area contributed by atoms with Gasteiger partial charge in [-0.2, -0.15) is 0 Å². The molecule has 0 fully saturated rings.